The molecule has 2 rings (SSSR count). The number of carboxylic acid groups (broad SMARTS) is 1. The van der Waals surface area contributed by atoms with Crippen LogP contribution in [0.4, 0.5) is 0 Å². The molecule has 1 aromatic heterocycles. The molecule has 1 aromatic carbocycles. The second-order valence-corrected chi connectivity index (χ2v) is 10.0. The van der Waals surface area contributed by atoms with Gasteiger partial charge in [-0.3, -0.25) is 19.4 Å². The number of nitrogens with zero attached hydrogens (tertiary/aromatic N) is 2. The quantitative estimate of drug-likeness (QED) is 0.0474. The summed E-state index contributed by atoms with van der Waals surface area (Å²) < 4.78 is 0. The Morgan fingerprint density at radius 3 is 2.12 bits per heavy atom. The zero-order valence-electron chi connectivity index (χ0n) is 23.9. The Bertz CT molecular complexity index is 1200. The molecule has 16 nitrogen and oxygen atoms in total. The van der Waals surface area contributed by atoms with Gasteiger partial charge in [0.1, 0.15) is 23.9 Å². The van der Waals surface area contributed by atoms with E-state index in [1.165, 1.54) is 24.7 Å². The lowest BCUT2D eigenvalue weighted by molar-refractivity contribution is -0.142. The monoisotopic (exact) mass is 602 g/mol. The van der Waals surface area contributed by atoms with E-state index in [4.69, 9.17) is 22.9 Å². The molecule has 236 valence electrons. The van der Waals surface area contributed by atoms with E-state index in [9.17, 15) is 29.4 Å². The number of rotatable bonds is 19. The van der Waals surface area contributed by atoms with Crippen LogP contribution in [0, 0.1) is 0 Å². The van der Waals surface area contributed by atoms with Crippen molar-refractivity contribution in [3.63, 3.8) is 0 Å². The highest BCUT2D eigenvalue weighted by molar-refractivity contribution is 5.94. The van der Waals surface area contributed by atoms with Crippen molar-refractivity contribution in [2.45, 2.75) is 69.1 Å². The molecular weight excluding hydrogens is 560 g/mol. The molecule has 43 heavy (non-hydrogen) atoms. The van der Waals surface area contributed by atoms with Gasteiger partial charge in [-0.1, -0.05) is 12.1 Å². The van der Waals surface area contributed by atoms with Gasteiger partial charge in [0.2, 0.25) is 17.7 Å². The Morgan fingerprint density at radius 1 is 0.884 bits per heavy atom. The summed E-state index contributed by atoms with van der Waals surface area (Å²) in [6.07, 6.45) is 4.77. The number of guanidine groups is 1. The molecule has 0 saturated carbocycles. The molecule has 2 aromatic rings. The number of hydrogen-bond donors (Lipinski definition) is 10. The summed E-state index contributed by atoms with van der Waals surface area (Å²) in [5.41, 5.74) is 23.5. The number of carbonyl (C=O) groups excluding carboxylic acids is 3. The zero-order valence-corrected chi connectivity index (χ0v) is 23.9. The number of phenols is 1. The lowest BCUT2D eigenvalue weighted by Crippen LogP contribution is -2.57. The number of aliphatic imine (C=N–C) groups is 1. The van der Waals surface area contributed by atoms with Crippen molar-refractivity contribution in [3.05, 3.63) is 48.0 Å². The van der Waals surface area contributed by atoms with E-state index >= 15 is 0 Å². The average molecular weight is 603 g/mol. The topological polar surface area (TPSA) is 290 Å². The van der Waals surface area contributed by atoms with Crippen LogP contribution in [0.25, 0.3) is 0 Å². The predicted octanol–water partition coefficient (Wildman–Crippen LogP) is -2.05. The molecule has 4 atom stereocenters. The number of aromatic nitrogens is 2. The van der Waals surface area contributed by atoms with Crippen LogP contribution in [-0.4, -0.2) is 87.1 Å². The van der Waals surface area contributed by atoms with E-state index in [0.29, 0.717) is 30.6 Å². The van der Waals surface area contributed by atoms with Crippen molar-refractivity contribution in [1.29, 1.82) is 0 Å². The number of benzene rings is 1. The molecule has 0 aliphatic rings. The fraction of sp³-hybridized carbons (Fsp3) is 0.481. The van der Waals surface area contributed by atoms with Gasteiger partial charge >= 0.3 is 5.97 Å². The third kappa shape index (κ3) is 12.8. The van der Waals surface area contributed by atoms with Crippen molar-refractivity contribution in [2.24, 2.45) is 27.9 Å². The Balaban J connectivity index is 2.20. The molecule has 1 heterocycles. The molecule has 4 unspecified atom stereocenters. The number of aliphatic carboxylic acids is 1. The van der Waals surface area contributed by atoms with Crippen LogP contribution < -0.4 is 38.9 Å². The molecule has 0 aliphatic carbocycles. The first-order valence-electron chi connectivity index (χ1n) is 13.9. The fourth-order valence-corrected chi connectivity index (χ4v) is 4.15. The molecule has 0 spiro atoms. The Morgan fingerprint density at radius 2 is 1.51 bits per heavy atom. The number of unbranched alkanes of at least 4 members (excludes halogenated alkanes) is 1. The molecule has 14 N–H and O–H groups in total. The first-order chi connectivity index (χ1) is 20.5. The van der Waals surface area contributed by atoms with Gasteiger partial charge in [-0.15, -0.1) is 0 Å². The van der Waals surface area contributed by atoms with Crippen LogP contribution in [0.15, 0.2) is 41.8 Å². The number of hydrogen-bond acceptors (Lipinski definition) is 9. The Labute approximate surface area is 249 Å². The number of carboxylic acids is 1. The summed E-state index contributed by atoms with van der Waals surface area (Å²) in [7, 11) is 0. The summed E-state index contributed by atoms with van der Waals surface area (Å²) in [6.45, 7) is 0.551. The maximum Gasteiger partial charge on any atom is 0.326 e. The number of H-pyrrole nitrogens is 1. The van der Waals surface area contributed by atoms with Crippen molar-refractivity contribution >= 4 is 29.7 Å². The van der Waals surface area contributed by atoms with E-state index in [1.54, 1.807) is 12.1 Å². The number of imidazole rings is 1. The van der Waals surface area contributed by atoms with E-state index in [-0.39, 0.29) is 50.4 Å². The van der Waals surface area contributed by atoms with Crippen molar-refractivity contribution in [1.82, 2.24) is 25.9 Å². The van der Waals surface area contributed by atoms with Crippen LogP contribution in [0.2, 0.25) is 0 Å². The highest BCUT2D eigenvalue weighted by atomic mass is 16.4. The second-order valence-electron chi connectivity index (χ2n) is 10.0. The van der Waals surface area contributed by atoms with Gasteiger partial charge < -0.3 is 54.1 Å². The van der Waals surface area contributed by atoms with Gasteiger partial charge in [-0.05, 0) is 56.3 Å². The Hall–Kier alpha value is -4.70. The Kier molecular flexibility index (Phi) is 14.4. The fourth-order valence-electron chi connectivity index (χ4n) is 4.15. The minimum atomic E-state index is -1.28. The van der Waals surface area contributed by atoms with Gasteiger partial charge in [0.05, 0.1) is 12.4 Å². The SMILES string of the molecule is NCCCCC(NC(=O)C(N)Cc1cnc[nH]1)C(=O)NC(Cc1ccc(O)cc1)C(=O)NC(CCCN=C(N)N)C(=O)O. The van der Waals surface area contributed by atoms with Gasteiger partial charge in [-0.2, -0.15) is 0 Å². The van der Waals surface area contributed by atoms with Crippen LogP contribution in [0.3, 0.4) is 0 Å². The van der Waals surface area contributed by atoms with Crippen LogP contribution in [0.1, 0.15) is 43.4 Å². The van der Waals surface area contributed by atoms with E-state index in [2.05, 4.69) is 30.9 Å². The maximum absolute atomic E-state index is 13.5. The summed E-state index contributed by atoms with van der Waals surface area (Å²) in [4.78, 5) is 62.2. The number of amides is 3. The van der Waals surface area contributed by atoms with Crippen LogP contribution >= 0.6 is 0 Å². The molecular formula is C27H42N10O6. The molecule has 16 heteroatoms. The zero-order chi connectivity index (χ0) is 31.8. The van der Waals surface area contributed by atoms with Crippen molar-refractivity contribution in [3.8, 4) is 5.75 Å². The third-order valence-electron chi connectivity index (χ3n) is 6.48. The number of carbonyl (C=O) groups is 4. The normalized spacial score (nSPS) is 13.6. The van der Waals surface area contributed by atoms with Crippen molar-refractivity contribution < 1.29 is 29.4 Å². The largest absolute Gasteiger partial charge is 0.508 e. The summed E-state index contributed by atoms with van der Waals surface area (Å²) in [5.74, 6) is -3.38. The predicted molar refractivity (Wildman–Crippen MR) is 158 cm³/mol. The lowest BCUT2D eigenvalue weighted by atomic mass is 10.0. The van der Waals surface area contributed by atoms with Crippen LogP contribution in [-0.2, 0) is 32.0 Å². The molecule has 0 fully saturated rings. The second kappa shape index (κ2) is 18.0. The third-order valence-corrected chi connectivity index (χ3v) is 6.48. The minimum absolute atomic E-state index is 0.00894. The van der Waals surface area contributed by atoms with Gasteiger partial charge in [0.25, 0.3) is 0 Å². The van der Waals surface area contributed by atoms with Gasteiger partial charge in [0.15, 0.2) is 5.96 Å². The number of phenolic OH excluding ortho intramolecular Hbond substituents is 1. The average Bonchev–Trinajstić information content (AvgIpc) is 3.47. The first kappa shape index (κ1) is 34.5. The lowest BCUT2D eigenvalue weighted by Gasteiger charge is -2.25. The molecule has 3 amide bonds. The maximum atomic E-state index is 13.5. The summed E-state index contributed by atoms with van der Waals surface area (Å²) in [5, 5.41) is 27.1. The smallest absolute Gasteiger partial charge is 0.326 e. The van der Waals surface area contributed by atoms with Gasteiger partial charge in [0, 0.05) is 31.3 Å². The molecule has 0 saturated heterocycles. The van der Waals surface area contributed by atoms with Crippen molar-refractivity contribution in [2.75, 3.05) is 13.1 Å². The van der Waals surface area contributed by atoms with E-state index in [1.807, 2.05) is 0 Å². The van der Waals surface area contributed by atoms with Crippen LogP contribution in [0.5, 0.6) is 5.75 Å². The standard InChI is InChI=1S/C27H42N10O6/c28-10-2-1-4-20(35-23(39)19(29)13-17-14-32-15-34-17)24(40)37-22(12-16-6-8-18(38)9-7-16)25(41)36-21(26(42)43)5-3-11-33-27(30)31/h6-9,14-15,19-22,38H,1-5,10-13,28-29H2,(H,32,34)(H,35,39)(H,36,41)(H,37,40)(H,42,43)(H4,30,31,33). The van der Waals surface area contributed by atoms with E-state index in [0.717, 1.165) is 0 Å². The number of aromatic amines is 1. The number of nitrogens with one attached hydrogen (secondary N) is 4. The molecule has 0 radical (unpaired) electrons. The summed E-state index contributed by atoms with van der Waals surface area (Å²) in [6, 6.07) is 1.47. The number of nitrogens with two attached hydrogens (primary N) is 4. The summed E-state index contributed by atoms with van der Waals surface area (Å²) >= 11 is 0. The molecule has 0 bridgehead atoms. The highest BCUT2D eigenvalue weighted by Crippen LogP contribution is 2.13. The minimum Gasteiger partial charge on any atom is -0.508 e. The number of aromatic hydroxyl groups is 1. The highest BCUT2D eigenvalue weighted by Gasteiger charge is 2.30. The van der Waals surface area contributed by atoms with E-state index < -0.39 is 47.9 Å². The first-order valence-corrected chi connectivity index (χ1v) is 13.9. The molecule has 0 aliphatic heterocycles. The van der Waals surface area contributed by atoms with Gasteiger partial charge in [-0.25, -0.2) is 9.78 Å².